The Labute approximate surface area is 127 Å². The van der Waals surface area contributed by atoms with E-state index < -0.39 is 10.0 Å². The van der Waals surface area contributed by atoms with E-state index in [0.717, 1.165) is 19.4 Å². The number of nitrogens with one attached hydrogen (secondary N) is 2. The lowest BCUT2D eigenvalue weighted by molar-refractivity contribution is 0.318. The number of hydrogen-bond acceptors (Lipinski definition) is 4. The minimum atomic E-state index is -3.41. The summed E-state index contributed by atoms with van der Waals surface area (Å²) in [5, 5.41) is 2.99. The smallest absolute Gasteiger partial charge is 0.240 e. The molecule has 0 aliphatic heterocycles. The molecular weight excluding hydrogens is 288 g/mol. The number of rotatable bonds is 8. The van der Waals surface area contributed by atoms with Gasteiger partial charge in [0.2, 0.25) is 10.0 Å². The Bertz CT molecular complexity index is 522. The molecule has 0 unspecified atom stereocenters. The fourth-order valence-electron chi connectivity index (χ4n) is 2.51. The lowest BCUT2D eigenvalue weighted by Crippen LogP contribution is -2.28. The van der Waals surface area contributed by atoms with Crippen LogP contribution in [0.1, 0.15) is 25.7 Å². The zero-order valence-electron chi connectivity index (χ0n) is 12.5. The monoisotopic (exact) mass is 312 g/mol. The SMILES string of the molecule is CNCCOc1ccc(S(=O)(=O)NCC2CCCC2)cc1. The molecular formula is C15H24N2O3S. The topological polar surface area (TPSA) is 67.4 Å². The molecule has 0 aromatic heterocycles. The standard InChI is InChI=1S/C15H24N2O3S/c1-16-10-11-20-14-6-8-15(9-7-14)21(18,19)17-12-13-4-2-3-5-13/h6-9,13,16-17H,2-5,10-12H2,1H3. The molecule has 0 bridgehead atoms. The highest BCUT2D eigenvalue weighted by atomic mass is 32.2. The van der Waals surface area contributed by atoms with Crippen molar-refractivity contribution in [2.45, 2.75) is 30.6 Å². The minimum absolute atomic E-state index is 0.293. The van der Waals surface area contributed by atoms with E-state index in [1.807, 2.05) is 7.05 Å². The van der Waals surface area contributed by atoms with Crippen LogP contribution in [-0.2, 0) is 10.0 Å². The first-order valence-electron chi connectivity index (χ1n) is 7.49. The molecule has 1 aliphatic carbocycles. The summed E-state index contributed by atoms with van der Waals surface area (Å²) in [6, 6.07) is 6.57. The Morgan fingerprint density at radius 2 is 1.86 bits per heavy atom. The van der Waals surface area contributed by atoms with Crippen molar-refractivity contribution in [1.29, 1.82) is 0 Å². The fourth-order valence-corrected chi connectivity index (χ4v) is 3.63. The number of sulfonamides is 1. The maximum absolute atomic E-state index is 12.2. The van der Waals surface area contributed by atoms with E-state index in [-0.39, 0.29) is 0 Å². The van der Waals surface area contributed by atoms with E-state index in [9.17, 15) is 8.42 Å². The second-order valence-corrected chi connectivity index (χ2v) is 7.19. The van der Waals surface area contributed by atoms with Gasteiger partial charge in [-0.25, -0.2) is 13.1 Å². The summed E-state index contributed by atoms with van der Waals surface area (Å²) in [4.78, 5) is 0.293. The zero-order chi connectivity index (χ0) is 15.1. The van der Waals surface area contributed by atoms with Crippen LogP contribution >= 0.6 is 0 Å². The first-order valence-corrected chi connectivity index (χ1v) is 8.97. The van der Waals surface area contributed by atoms with Gasteiger partial charge in [-0.15, -0.1) is 0 Å². The fraction of sp³-hybridized carbons (Fsp3) is 0.600. The summed E-state index contributed by atoms with van der Waals surface area (Å²) < 4.78 is 32.6. The Morgan fingerprint density at radius 3 is 2.48 bits per heavy atom. The van der Waals surface area contributed by atoms with E-state index in [1.54, 1.807) is 24.3 Å². The van der Waals surface area contributed by atoms with Gasteiger partial charge in [0.15, 0.2) is 0 Å². The molecule has 0 atom stereocenters. The molecule has 1 saturated carbocycles. The maximum Gasteiger partial charge on any atom is 0.240 e. The lowest BCUT2D eigenvalue weighted by Gasteiger charge is -2.12. The van der Waals surface area contributed by atoms with Gasteiger partial charge >= 0.3 is 0 Å². The number of hydrogen-bond donors (Lipinski definition) is 2. The zero-order valence-corrected chi connectivity index (χ0v) is 13.3. The summed E-state index contributed by atoms with van der Waals surface area (Å²) in [5.74, 6) is 1.17. The van der Waals surface area contributed by atoms with Crippen LogP contribution in [0.15, 0.2) is 29.2 Å². The Hall–Kier alpha value is -1.11. The molecule has 118 valence electrons. The van der Waals surface area contributed by atoms with Gasteiger partial charge in [0.1, 0.15) is 12.4 Å². The van der Waals surface area contributed by atoms with Crippen LogP contribution < -0.4 is 14.8 Å². The third-order valence-electron chi connectivity index (χ3n) is 3.79. The van der Waals surface area contributed by atoms with Gasteiger partial charge in [0.05, 0.1) is 4.90 Å². The van der Waals surface area contributed by atoms with Gasteiger partial charge in [-0.2, -0.15) is 0 Å². The first kappa shape index (κ1) is 16.3. The lowest BCUT2D eigenvalue weighted by atomic mass is 10.1. The molecule has 1 aliphatic rings. The molecule has 5 nitrogen and oxygen atoms in total. The summed E-state index contributed by atoms with van der Waals surface area (Å²) in [5.41, 5.74) is 0. The van der Waals surface area contributed by atoms with Crippen LogP contribution in [0.2, 0.25) is 0 Å². The Morgan fingerprint density at radius 1 is 1.19 bits per heavy atom. The molecule has 6 heteroatoms. The van der Waals surface area contributed by atoms with Gasteiger partial charge in [-0.3, -0.25) is 0 Å². The van der Waals surface area contributed by atoms with Crippen molar-refractivity contribution in [3.05, 3.63) is 24.3 Å². The van der Waals surface area contributed by atoms with Gasteiger partial charge in [0.25, 0.3) is 0 Å². The highest BCUT2D eigenvalue weighted by Gasteiger charge is 2.19. The number of likely N-dealkylation sites (N-methyl/N-ethyl adjacent to an activating group) is 1. The highest BCUT2D eigenvalue weighted by molar-refractivity contribution is 7.89. The highest BCUT2D eigenvalue weighted by Crippen LogP contribution is 2.24. The van der Waals surface area contributed by atoms with Crippen LogP contribution in [0.5, 0.6) is 5.75 Å². The normalized spacial score (nSPS) is 16.2. The predicted octanol–water partition coefficient (Wildman–Crippen LogP) is 1.75. The molecule has 2 N–H and O–H groups in total. The van der Waals surface area contributed by atoms with Crippen LogP contribution in [0, 0.1) is 5.92 Å². The third kappa shape index (κ3) is 4.98. The van der Waals surface area contributed by atoms with Crippen molar-refractivity contribution in [2.75, 3.05) is 26.7 Å². The van der Waals surface area contributed by atoms with Crippen LogP contribution in [0.4, 0.5) is 0 Å². The first-order chi connectivity index (χ1) is 10.1. The van der Waals surface area contributed by atoms with E-state index >= 15 is 0 Å². The Kier molecular flexibility index (Phi) is 6.02. The van der Waals surface area contributed by atoms with Crippen molar-refractivity contribution in [3.8, 4) is 5.75 Å². The van der Waals surface area contributed by atoms with E-state index in [4.69, 9.17) is 4.74 Å². The van der Waals surface area contributed by atoms with Crippen molar-refractivity contribution in [2.24, 2.45) is 5.92 Å². The maximum atomic E-state index is 12.2. The molecule has 2 rings (SSSR count). The molecule has 1 aromatic carbocycles. The number of ether oxygens (including phenoxy) is 1. The molecule has 0 amide bonds. The average Bonchev–Trinajstić information content (AvgIpc) is 3.00. The van der Waals surface area contributed by atoms with Crippen LogP contribution in [0.25, 0.3) is 0 Å². The van der Waals surface area contributed by atoms with Crippen LogP contribution in [-0.4, -0.2) is 35.2 Å². The third-order valence-corrected chi connectivity index (χ3v) is 5.23. The molecule has 21 heavy (non-hydrogen) atoms. The largest absolute Gasteiger partial charge is 0.492 e. The van der Waals surface area contributed by atoms with E-state index in [0.29, 0.717) is 29.7 Å². The molecule has 0 saturated heterocycles. The van der Waals surface area contributed by atoms with Gasteiger partial charge < -0.3 is 10.1 Å². The van der Waals surface area contributed by atoms with Crippen molar-refractivity contribution in [3.63, 3.8) is 0 Å². The van der Waals surface area contributed by atoms with Crippen molar-refractivity contribution in [1.82, 2.24) is 10.0 Å². The molecule has 0 heterocycles. The molecule has 1 aromatic rings. The average molecular weight is 312 g/mol. The van der Waals surface area contributed by atoms with Crippen LogP contribution in [0.3, 0.4) is 0 Å². The van der Waals surface area contributed by atoms with E-state index in [1.165, 1.54) is 12.8 Å². The van der Waals surface area contributed by atoms with E-state index in [2.05, 4.69) is 10.0 Å². The second-order valence-electron chi connectivity index (χ2n) is 5.43. The summed E-state index contributed by atoms with van der Waals surface area (Å²) in [7, 11) is -1.55. The quantitative estimate of drug-likeness (QED) is 0.718. The summed E-state index contributed by atoms with van der Waals surface area (Å²) in [6.45, 7) is 1.86. The minimum Gasteiger partial charge on any atom is -0.492 e. The molecule has 1 fully saturated rings. The number of benzene rings is 1. The predicted molar refractivity (Wildman–Crippen MR) is 83.0 cm³/mol. The van der Waals surface area contributed by atoms with Gasteiger partial charge in [-0.05, 0) is 50.1 Å². The Balaban J connectivity index is 1.89. The van der Waals surface area contributed by atoms with Gasteiger partial charge in [-0.1, -0.05) is 12.8 Å². The molecule has 0 radical (unpaired) electrons. The second kappa shape index (κ2) is 7.77. The van der Waals surface area contributed by atoms with Gasteiger partial charge in [0, 0.05) is 13.1 Å². The van der Waals surface area contributed by atoms with Crippen molar-refractivity contribution >= 4 is 10.0 Å². The summed E-state index contributed by atoms with van der Waals surface area (Å²) >= 11 is 0. The molecule has 0 spiro atoms. The van der Waals surface area contributed by atoms with Crippen molar-refractivity contribution < 1.29 is 13.2 Å². The summed E-state index contributed by atoms with van der Waals surface area (Å²) in [6.07, 6.45) is 4.68.